The predicted octanol–water partition coefficient (Wildman–Crippen LogP) is 1.70. The van der Waals surface area contributed by atoms with Crippen molar-refractivity contribution in [2.24, 2.45) is 0 Å². The molecular weight excluding hydrogens is 391 g/mol. The van der Waals surface area contributed by atoms with Crippen LogP contribution in [0.15, 0.2) is 30.3 Å². The van der Waals surface area contributed by atoms with Crippen molar-refractivity contribution in [2.45, 2.75) is 25.6 Å². The number of nitrogens with zero attached hydrogens (tertiary/aromatic N) is 5. The second kappa shape index (κ2) is 8.39. The minimum Gasteiger partial charge on any atom is -0.383 e. The fraction of sp³-hybridized carbons (Fsp3) is 0.353. The lowest BCUT2D eigenvalue weighted by atomic mass is 10.1. The summed E-state index contributed by atoms with van der Waals surface area (Å²) in [5, 5.41) is 12.0. The number of aromatic amines is 1. The van der Waals surface area contributed by atoms with E-state index >= 15 is 0 Å². The molecule has 1 amide bonds. The van der Waals surface area contributed by atoms with E-state index in [0.29, 0.717) is 6.42 Å². The molecule has 9 nitrogen and oxygen atoms in total. The van der Waals surface area contributed by atoms with Crippen LogP contribution in [-0.4, -0.2) is 55.6 Å². The summed E-state index contributed by atoms with van der Waals surface area (Å²) < 4.78 is 44.2. The number of H-pyrrole nitrogens is 1. The number of aryl methyl sites for hydroxylation is 1. The molecule has 1 atom stereocenters. The highest BCUT2D eigenvalue weighted by molar-refractivity contribution is 5.90. The number of hydrogen-bond acceptors (Lipinski definition) is 6. The fourth-order valence-corrected chi connectivity index (χ4v) is 2.65. The number of methoxy groups -OCH3 is 1. The molecule has 0 bridgehead atoms. The van der Waals surface area contributed by atoms with Gasteiger partial charge in [0.05, 0.1) is 12.6 Å². The Bertz CT molecular complexity index is 969. The highest BCUT2D eigenvalue weighted by Gasteiger charge is 2.35. The van der Waals surface area contributed by atoms with Gasteiger partial charge < -0.3 is 10.1 Å². The van der Waals surface area contributed by atoms with Gasteiger partial charge in [0.1, 0.15) is 5.82 Å². The number of aromatic nitrogens is 6. The van der Waals surface area contributed by atoms with Crippen LogP contribution < -0.4 is 5.32 Å². The minimum absolute atomic E-state index is 0.161. The number of ether oxygens (including phenoxy) is 1. The van der Waals surface area contributed by atoms with Gasteiger partial charge in [-0.1, -0.05) is 30.3 Å². The third-order valence-corrected chi connectivity index (χ3v) is 3.93. The zero-order valence-electron chi connectivity index (χ0n) is 15.6. The smallest absolute Gasteiger partial charge is 0.383 e. The maximum Gasteiger partial charge on any atom is 0.451 e. The van der Waals surface area contributed by atoms with E-state index in [1.807, 2.05) is 30.3 Å². The highest BCUT2D eigenvalue weighted by atomic mass is 19.4. The molecule has 29 heavy (non-hydrogen) atoms. The molecule has 0 radical (unpaired) electrons. The first-order valence-electron chi connectivity index (χ1n) is 8.55. The van der Waals surface area contributed by atoms with Gasteiger partial charge in [0.2, 0.25) is 11.6 Å². The van der Waals surface area contributed by atoms with Crippen molar-refractivity contribution in [3.8, 4) is 5.95 Å². The first kappa shape index (κ1) is 20.5. The van der Waals surface area contributed by atoms with Crippen LogP contribution in [-0.2, 0) is 17.3 Å². The molecule has 0 spiro atoms. The lowest BCUT2D eigenvalue weighted by Crippen LogP contribution is -2.40. The second-order valence-corrected chi connectivity index (χ2v) is 6.19. The minimum atomic E-state index is -4.68. The number of nitrogens with one attached hydrogen (secondary N) is 2. The maximum atomic E-state index is 12.7. The summed E-state index contributed by atoms with van der Waals surface area (Å²) in [4.78, 5) is 19.9. The van der Waals surface area contributed by atoms with E-state index in [1.165, 1.54) is 14.0 Å². The van der Waals surface area contributed by atoms with E-state index < -0.39 is 17.9 Å². The molecule has 1 aromatic carbocycles. The molecular formula is C17H18F3N7O2. The van der Waals surface area contributed by atoms with Crippen LogP contribution in [0.5, 0.6) is 0 Å². The first-order valence-corrected chi connectivity index (χ1v) is 8.55. The molecule has 0 aliphatic rings. The van der Waals surface area contributed by atoms with Gasteiger partial charge in [-0.3, -0.25) is 9.89 Å². The van der Waals surface area contributed by atoms with E-state index in [-0.39, 0.29) is 30.2 Å². The van der Waals surface area contributed by atoms with Gasteiger partial charge in [-0.2, -0.15) is 22.8 Å². The summed E-state index contributed by atoms with van der Waals surface area (Å²) in [5.74, 6) is -2.27. The number of halogens is 3. The van der Waals surface area contributed by atoms with Crippen molar-refractivity contribution in [3.05, 3.63) is 53.4 Å². The SMILES string of the molecule is COCC(Cc1ccccc1)NC(=O)c1nc(C)n(-c2n[nH]c(C(F)(F)F)n2)n1. The predicted molar refractivity (Wildman–Crippen MR) is 94.3 cm³/mol. The number of amides is 1. The molecule has 154 valence electrons. The lowest BCUT2D eigenvalue weighted by Gasteiger charge is -2.17. The number of rotatable bonds is 7. The van der Waals surface area contributed by atoms with Crippen LogP contribution in [0.4, 0.5) is 13.2 Å². The largest absolute Gasteiger partial charge is 0.451 e. The van der Waals surface area contributed by atoms with Crippen molar-refractivity contribution >= 4 is 5.91 Å². The van der Waals surface area contributed by atoms with Gasteiger partial charge in [0.15, 0.2) is 0 Å². The zero-order chi connectivity index (χ0) is 21.0. The van der Waals surface area contributed by atoms with E-state index in [2.05, 4.69) is 25.5 Å². The summed E-state index contributed by atoms with van der Waals surface area (Å²) in [6.07, 6.45) is -4.15. The zero-order valence-corrected chi connectivity index (χ0v) is 15.6. The molecule has 0 saturated heterocycles. The molecule has 0 saturated carbocycles. The molecule has 2 heterocycles. The van der Waals surface area contributed by atoms with Gasteiger partial charge >= 0.3 is 6.18 Å². The van der Waals surface area contributed by atoms with Gasteiger partial charge in [-0.25, -0.2) is 4.98 Å². The third-order valence-electron chi connectivity index (χ3n) is 3.93. The standard InChI is InChI=1S/C17H18F3N7O2/c1-10-21-13(26-27(10)16-23-15(24-25-16)17(18,19)20)14(28)22-12(9-29-2)8-11-6-4-3-5-7-11/h3-7,12H,8-9H2,1-2H3,(H,22,28)(H,23,24,25). The van der Waals surface area contributed by atoms with Crippen LogP contribution in [0.2, 0.25) is 0 Å². The average molecular weight is 409 g/mol. The Morgan fingerprint density at radius 1 is 1.28 bits per heavy atom. The Labute approximate surface area is 163 Å². The molecule has 2 aromatic heterocycles. The van der Waals surface area contributed by atoms with Crippen molar-refractivity contribution in [3.63, 3.8) is 0 Å². The molecule has 0 aliphatic carbocycles. The van der Waals surface area contributed by atoms with Crippen LogP contribution in [0.1, 0.15) is 27.8 Å². The molecule has 0 fully saturated rings. The Morgan fingerprint density at radius 2 is 2.00 bits per heavy atom. The van der Waals surface area contributed by atoms with E-state index in [9.17, 15) is 18.0 Å². The van der Waals surface area contributed by atoms with Crippen LogP contribution >= 0.6 is 0 Å². The number of carbonyl (C=O) groups excluding carboxylic acids is 1. The quantitative estimate of drug-likeness (QED) is 0.615. The molecule has 3 rings (SSSR count). The van der Waals surface area contributed by atoms with E-state index in [0.717, 1.165) is 10.2 Å². The van der Waals surface area contributed by atoms with Gasteiger partial charge in [0, 0.05) is 7.11 Å². The Kier molecular flexibility index (Phi) is 5.92. The number of benzene rings is 1. The summed E-state index contributed by atoms with van der Waals surface area (Å²) in [5.41, 5.74) is 1.00. The van der Waals surface area contributed by atoms with Crippen molar-refractivity contribution in [1.29, 1.82) is 0 Å². The summed E-state index contributed by atoms with van der Waals surface area (Å²) in [7, 11) is 1.52. The Balaban J connectivity index is 1.75. The van der Waals surface area contributed by atoms with E-state index in [4.69, 9.17) is 4.74 Å². The van der Waals surface area contributed by atoms with Crippen molar-refractivity contribution in [1.82, 2.24) is 35.3 Å². The van der Waals surface area contributed by atoms with Gasteiger partial charge in [-0.05, 0) is 18.9 Å². The van der Waals surface area contributed by atoms with Crippen LogP contribution in [0.25, 0.3) is 5.95 Å². The van der Waals surface area contributed by atoms with Gasteiger partial charge in [-0.15, -0.1) is 10.2 Å². The van der Waals surface area contributed by atoms with Crippen LogP contribution in [0.3, 0.4) is 0 Å². The lowest BCUT2D eigenvalue weighted by molar-refractivity contribution is -0.144. The number of carbonyl (C=O) groups is 1. The monoisotopic (exact) mass is 409 g/mol. The Hall–Kier alpha value is -3.28. The molecule has 0 aliphatic heterocycles. The topological polar surface area (TPSA) is 111 Å². The van der Waals surface area contributed by atoms with E-state index in [1.54, 1.807) is 5.10 Å². The first-order chi connectivity index (χ1) is 13.8. The Morgan fingerprint density at radius 3 is 2.62 bits per heavy atom. The second-order valence-electron chi connectivity index (χ2n) is 6.19. The molecule has 3 aromatic rings. The normalized spacial score (nSPS) is 12.7. The molecule has 12 heteroatoms. The third kappa shape index (κ3) is 4.96. The van der Waals surface area contributed by atoms with Crippen LogP contribution in [0, 0.1) is 6.92 Å². The summed E-state index contributed by atoms with van der Waals surface area (Å²) >= 11 is 0. The maximum absolute atomic E-state index is 12.7. The number of alkyl halides is 3. The van der Waals surface area contributed by atoms with Crippen molar-refractivity contribution < 1.29 is 22.7 Å². The summed E-state index contributed by atoms with van der Waals surface area (Å²) in [6, 6.07) is 9.17. The molecule has 2 N–H and O–H groups in total. The molecule has 1 unspecified atom stereocenters. The van der Waals surface area contributed by atoms with Gasteiger partial charge in [0.25, 0.3) is 11.9 Å². The van der Waals surface area contributed by atoms with Crippen molar-refractivity contribution in [2.75, 3.05) is 13.7 Å². The highest BCUT2D eigenvalue weighted by Crippen LogP contribution is 2.26. The number of hydrogen-bond donors (Lipinski definition) is 2. The summed E-state index contributed by atoms with van der Waals surface area (Å²) in [6.45, 7) is 1.74. The fourth-order valence-electron chi connectivity index (χ4n) is 2.65. The average Bonchev–Trinajstić information content (AvgIpc) is 3.29.